The molecule has 1 aromatic rings. The maximum absolute atomic E-state index is 5.93. The maximum Gasteiger partial charge on any atom is 0.124 e. The average Bonchev–Trinajstić information content (AvgIpc) is 2.38. The highest BCUT2D eigenvalue weighted by Gasteiger charge is 2.32. The van der Waals surface area contributed by atoms with Crippen molar-refractivity contribution in [3.8, 4) is 5.75 Å². The van der Waals surface area contributed by atoms with Crippen LogP contribution in [0, 0.1) is 5.92 Å². The molecular formula is C16H26N2O. The van der Waals surface area contributed by atoms with Gasteiger partial charge in [0.05, 0.1) is 12.1 Å². The van der Waals surface area contributed by atoms with Crippen LogP contribution in [-0.4, -0.2) is 37.7 Å². The summed E-state index contributed by atoms with van der Waals surface area (Å²) in [5.74, 6) is 1.70. The van der Waals surface area contributed by atoms with Gasteiger partial charge in [-0.2, -0.15) is 0 Å². The van der Waals surface area contributed by atoms with E-state index in [4.69, 9.17) is 4.74 Å². The van der Waals surface area contributed by atoms with Crippen molar-refractivity contribution in [2.45, 2.75) is 32.9 Å². The third-order valence-electron chi connectivity index (χ3n) is 3.69. The van der Waals surface area contributed by atoms with Crippen LogP contribution in [0.1, 0.15) is 32.4 Å². The molecule has 0 saturated carbocycles. The van der Waals surface area contributed by atoms with Gasteiger partial charge < -0.3 is 10.1 Å². The van der Waals surface area contributed by atoms with Crippen LogP contribution in [-0.2, 0) is 0 Å². The molecule has 0 spiro atoms. The fourth-order valence-electron chi connectivity index (χ4n) is 2.91. The normalized spacial score (nSPS) is 22.4. The summed E-state index contributed by atoms with van der Waals surface area (Å²) in [7, 11) is 2.20. The van der Waals surface area contributed by atoms with Crippen molar-refractivity contribution in [3.63, 3.8) is 0 Å². The van der Waals surface area contributed by atoms with Crippen LogP contribution in [0.2, 0.25) is 0 Å². The molecule has 1 aliphatic rings. The smallest absolute Gasteiger partial charge is 0.124 e. The summed E-state index contributed by atoms with van der Waals surface area (Å²) in [5, 5.41) is 3.62. The first-order valence-electron chi connectivity index (χ1n) is 7.28. The second kappa shape index (κ2) is 6.40. The Kier molecular flexibility index (Phi) is 4.83. The Morgan fingerprint density at radius 3 is 2.79 bits per heavy atom. The van der Waals surface area contributed by atoms with Crippen molar-refractivity contribution in [1.82, 2.24) is 10.2 Å². The molecule has 1 aromatic carbocycles. The lowest BCUT2D eigenvalue weighted by molar-refractivity contribution is 0.0979. The van der Waals surface area contributed by atoms with E-state index in [9.17, 15) is 0 Å². The number of nitrogens with zero attached hydrogens (tertiary/aromatic N) is 1. The van der Waals surface area contributed by atoms with Gasteiger partial charge in [0.15, 0.2) is 0 Å². The van der Waals surface area contributed by atoms with Crippen molar-refractivity contribution in [3.05, 3.63) is 29.8 Å². The van der Waals surface area contributed by atoms with Gasteiger partial charge in [0.25, 0.3) is 0 Å². The Morgan fingerprint density at radius 1 is 1.37 bits per heavy atom. The molecule has 1 N–H and O–H groups in total. The largest absolute Gasteiger partial charge is 0.492 e. The molecule has 2 unspecified atom stereocenters. The lowest BCUT2D eigenvalue weighted by atomic mass is 9.94. The predicted octanol–water partition coefficient (Wildman–Crippen LogP) is 2.69. The Balaban J connectivity index is 2.21. The van der Waals surface area contributed by atoms with Gasteiger partial charge in [-0.3, -0.25) is 4.90 Å². The maximum atomic E-state index is 5.93. The first-order valence-corrected chi connectivity index (χ1v) is 7.28. The van der Waals surface area contributed by atoms with Crippen molar-refractivity contribution < 1.29 is 4.74 Å². The molecule has 1 heterocycles. The molecule has 0 aromatic heterocycles. The number of likely N-dealkylation sites (N-methyl/N-ethyl adjacent to an activating group) is 2. The van der Waals surface area contributed by atoms with E-state index in [1.165, 1.54) is 5.56 Å². The SMILES string of the molecule is CCNC1c2ccccc2OCC1N(C)CC(C)C. The van der Waals surface area contributed by atoms with Gasteiger partial charge in [0.2, 0.25) is 0 Å². The minimum atomic E-state index is 0.360. The highest BCUT2D eigenvalue weighted by atomic mass is 16.5. The number of hydrogen-bond acceptors (Lipinski definition) is 3. The van der Waals surface area contributed by atoms with E-state index < -0.39 is 0 Å². The van der Waals surface area contributed by atoms with E-state index in [0.717, 1.165) is 25.4 Å². The quantitative estimate of drug-likeness (QED) is 0.883. The number of rotatable bonds is 5. The van der Waals surface area contributed by atoms with Crippen LogP contribution >= 0.6 is 0 Å². The van der Waals surface area contributed by atoms with Crippen molar-refractivity contribution in [2.24, 2.45) is 5.92 Å². The number of nitrogens with one attached hydrogen (secondary N) is 1. The predicted molar refractivity (Wildman–Crippen MR) is 79.6 cm³/mol. The van der Waals surface area contributed by atoms with E-state index >= 15 is 0 Å². The van der Waals surface area contributed by atoms with Crippen LogP contribution < -0.4 is 10.1 Å². The first kappa shape index (κ1) is 14.4. The van der Waals surface area contributed by atoms with Gasteiger partial charge >= 0.3 is 0 Å². The molecule has 2 atom stereocenters. The molecule has 0 fully saturated rings. The van der Waals surface area contributed by atoms with Crippen molar-refractivity contribution in [2.75, 3.05) is 26.7 Å². The Labute approximate surface area is 116 Å². The van der Waals surface area contributed by atoms with E-state index in [2.05, 4.69) is 56.2 Å². The first-order chi connectivity index (χ1) is 9.13. The third-order valence-corrected chi connectivity index (χ3v) is 3.69. The second-order valence-corrected chi connectivity index (χ2v) is 5.78. The number of hydrogen-bond donors (Lipinski definition) is 1. The molecule has 0 radical (unpaired) electrons. The van der Waals surface area contributed by atoms with Crippen molar-refractivity contribution in [1.29, 1.82) is 0 Å². The third kappa shape index (κ3) is 3.28. The van der Waals surface area contributed by atoms with Crippen LogP contribution in [0.15, 0.2) is 24.3 Å². The Bertz CT molecular complexity index is 405. The molecule has 2 rings (SSSR count). The van der Waals surface area contributed by atoms with Gasteiger partial charge in [0, 0.05) is 12.1 Å². The molecule has 0 saturated heterocycles. The number of para-hydroxylation sites is 1. The van der Waals surface area contributed by atoms with Gasteiger partial charge in [-0.05, 0) is 25.6 Å². The fourth-order valence-corrected chi connectivity index (χ4v) is 2.91. The van der Waals surface area contributed by atoms with Crippen LogP contribution in [0.25, 0.3) is 0 Å². The summed E-state index contributed by atoms with van der Waals surface area (Å²) in [6.45, 7) is 9.52. The van der Waals surface area contributed by atoms with E-state index in [-0.39, 0.29) is 0 Å². The van der Waals surface area contributed by atoms with E-state index in [1.54, 1.807) is 0 Å². The van der Waals surface area contributed by atoms with Crippen molar-refractivity contribution >= 4 is 0 Å². The minimum Gasteiger partial charge on any atom is -0.492 e. The van der Waals surface area contributed by atoms with Crippen LogP contribution in [0.3, 0.4) is 0 Å². The lowest BCUT2D eigenvalue weighted by Gasteiger charge is -2.40. The average molecular weight is 262 g/mol. The van der Waals surface area contributed by atoms with Crippen LogP contribution in [0.5, 0.6) is 5.75 Å². The standard InChI is InChI=1S/C16H26N2O/c1-5-17-16-13-8-6-7-9-15(13)19-11-14(16)18(4)10-12(2)3/h6-9,12,14,16-17H,5,10-11H2,1-4H3. The number of benzene rings is 1. The zero-order valence-corrected chi connectivity index (χ0v) is 12.5. The monoisotopic (exact) mass is 262 g/mol. The topological polar surface area (TPSA) is 24.5 Å². The molecule has 0 bridgehead atoms. The molecule has 0 aliphatic carbocycles. The molecule has 0 amide bonds. The summed E-state index contributed by atoms with van der Waals surface area (Å²) in [6, 6.07) is 9.14. The van der Waals surface area contributed by atoms with Gasteiger partial charge in [-0.15, -0.1) is 0 Å². The van der Waals surface area contributed by atoms with Gasteiger partial charge in [-0.25, -0.2) is 0 Å². The molecule has 3 heteroatoms. The molecule has 1 aliphatic heterocycles. The summed E-state index contributed by atoms with van der Waals surface area (Å²) in [4.78, 5) is 2.42. The van der Waals surface area contributed by atoms with Gasteiger partial charge in [0.1, 0.15) is 12.4 Å². The fraction of sp³-hybridized carbons (Fsp3) is 0.625. The lowest BCUT2D eigenvalue weighted by Crippen LogP contribution is -2.49. The van der Waals surface area contributed by atoms with Crippen LogP contribution in [0.4, 0.5) is 0 Å². The van der Waals surface area contributed by atoms with E-state index in [1.807, 2.05) is 6.07 Å². The Hall–Kier alpha value is -1.06. The molecule has 106 valence electrons. The summed E-state index contributed by atoms with van der Waals surface area (Å²) < 4.78 is 5.93. The molecular weight excluding hydrogens is 236 g/mol. The zero-order valence-electron chi connectivity index (χ0n) is 12.5. The van der Waals surface area contributed by atoms with E-state index in [0.29, 0.717) is 18.0 Å². The summed E-state index contributed by atoms with van der Waals surface area (Å²) in [6.07, 6.45) is 0. The summed E-state index contributed by atoms with van der Waals surface area (Å²) in [5.41, 5.74) is 1.29. The molecule has 19 heavy (non-hydrogen) atoms. The second-order valence-electron chi connectivity index (χ2n) is 5.78. The van der Waals surface area contributed by atoms with Gasteiger partial charge in [-0.1, -0.05) is 39.0 Å². The highest BCUT2D eigenvalue weighted by molar-refractivity contribution is 5.38. The molecule has 3 nitrogen and oxygen atoms in total. The Morgan fingerprint density at radius 2 is 2.11 bits per heavy atom. The number of ether oxygens (including phenoxy) is 1. The summed E-state index contributed by atoms with van der Waals surface area (Å²) >= 11 is 0. The number of fused-ring (bicyclic) bond motifs is 1. The minimum absolute atomic E-state index is 0.360. The zero-order chi connectivity index (χ0) is 13.8. The highest BCUT2D eigenvalue weighted by Crippen LogP contribution is 2.33.